The number of sulfone groups is 1. The van der Waals surface area contributed by atoms with E-state index in [0.29, 0.717) is 94.0 Å². The van der Waals surface area contributed by atoms with Gasteiger partial charge in [0, 0.05) is 80.0 Å². The van der Waals surface area contributed by atoms with Crippen molar-refractivity contribution in [2.45, 2.75) is 71.1 Å². The summed E-state index contributed by atoms with van der Waals surface area (Å²) in [6, 6.07) is 28.4. The maximum atomic E-state index is 14.3. The first-order valence-corrected chi connectivity index (χ1v) is 26.0. The Hall–Kier alpha value is -4.21. The van der Waals surface area contributed by atoms with Gasteiger partial charge in [0.15, 0.2) is 0 Å². The number of piperidine rings is 1. The first-order valence-electron chi connectivity index (χ1n) is 21.7. The molecular formula is C45H52ClF3N8O5S3. The molecule has 1 aromatic heterocycles. The van der Waals surface area contributed by atoms with Gasteiger partial charge in [-0.2, -0.15) is 13.2 Å². The molecule has 0 aliphatic carbocycles. The second kappa shape index (κ2) is 20.8. The summed E-state index contributed by atoms with van der Waals surface area (Å²) in [5, 5.41) is 12.1. The molecule has 3 aliphatic rings. The van der Waals surface area contributed by atoms with Crippen molar-refractivity contribution in [3.05, 3.63) is 113 Å². The van der Waals surface area contributed by atoms with Crippen LogP contribution in [0.25, 0.3) is 11.1 Å². The molecule has 0 bridgehead atoms. The van der Waals surface area contributed by atoms with Crippen molar-refractivity contribution in [1.29, 1.82) is 0 Å². The highest BCUT2D eigenvalue weighted by molar-refractivity contribution is 7.99. The van der Waals surface area contributed by atoms with Crippen molar-refractivity contribution >= 4 is 54.9 Å². The molecule has 0 amide bonds. The lowest BCUT2D eigenvalue weighted by atomic mass is 9.97. The molecule has 2 fully saturated rings. The van der Waals surface area contributed by atoms with Gasteiger partial charge in [-0.05, 0) is 91.5 Å². The lowest BCUT2D eigenvalue weighted by Gasteiger charge is -2.38. The van der Waals surface area contributed by atoms with Crippen LogP contribution >= 0.6 is 23.4 Å². The molecule has 0 saturated carbocycles. The van der Waals surface area contributed by atoms with Gasteiger partial charge in [0.25, 0.3) is 19.9 Å². The number of benzene rings is 4. The number of nitrogens with one attached hydrogen (secondary N) is 2. The number of hydrogen-bond donors (Lipinski definition) is 2. The van der Waals surface area contributed by atoms with Gasteiger partial charge < -0.3 is 10.1 Å². The number of morpholine rings is 1. The molecule has 0 radical (unpaired) electrons. The van der Waals surface area contributed by atoms with Crippen LogP contribution in [0.2, 0.25) is 5.02 Å². The minimum atomic E-state index is -6.00. The van der Waals surface area contributed by atoms with E-state index < -0.39 is 41.2 Å². The van der Waals surface area contributed by atoms with Crippen LogP contribution in [-0.2, 0) is 44.1 Å². The molecule has 2 saturated heterocycles. The number of alkyl halides is 3. The quantitative estimate of drug-likeness (QED) is 0.0946. The fourth-order valence-corrected chi connectivity index (χ4v) is 11.8. The molecule has 65 heavy (non-hydrogen) atoms. The van der Waals surface area contributed by atoms with Crippen molar-refractivity contribution in [2.24, 2.45) is 0 Å². The van der Waals surface area contributed by atoms with E-state index in [0.717, 1.165) is 55.1 Å². The molecule has 1 unspecified atom stereocenters. The Morgan fingerprint density at radius 1 is 0.815 bits per heavy atom. The van der Waals surface area contributed by atoms with E-state index in [9.17, 15) is 30.0 Å². The summed E-state index contributed by atoms with van der Waals surface area (Å²) in [5.74, 6) is 0.870. The Kier molecular flexibility index (Phi) is 15.1. The van der Waals surface area contributed by atoms with E-state index in [-0.39, 0.29) is 11.6 Å². The number of aromatic nitrogens is 3. The number of anilines is 2. The van der Waals surface area contributed by atoms with Crippen molar-refractivity contribution in [3.63, 3.8) is 0 Å². The fourth-order valence-electron chi connectivity index (χ4n) is 8.64. The van der Waals surface area contributed by atoms with Crippen molar-refractivity contribution in [3.8, 4) is 11.1 Å². The third-order valence-corrected chi connectivity index (χ3v) is 16.5. The molecule has 348 valence electrons. The van der Waals surface area contributed by atoms with Crippen LogP contribution in [0.4, 0.5) is 24.8 Å². The van der Waals surface area contributed by atoms with E-state index in [1.165, 1.54) is 22.9 Å². The van der Waals surface area contributed by atoms with E-state index in [4.69, 9.17) is 16.3 Å². The second-order valence-electron chi connectivity index (χ2n) is 16.5. The van der Waals surface area contributed by atoms with E-state index in [2.05, 4.69) is 53.1 Å². The third-order valence-electron chi connectivity index (χ3n) is 12.2. The van der Waals surface area contributed by atoms with Crippen LogP contribution in [0.5, 0.6) is 0 Å². The summed E-state index contributed by atoms with van der Waals surface area (Å²) < 4.78 is 107. The summed E-state index contributed by atoms with van der Waals surface area (Å²) in [4.78, 5) is 6.14. The average Bonchev–Trinajstić information content (AvgIpc) is 3.54. The molecule has 8 rings (SSSR count). The van der Waals surface area contributed by atoms with Crippen LogP contribution in [0.1, 0.15) is 30.7 Å². The second-order valence-corrected chi connectivity index (χ2v) is 21.6. The molecular weight excluding hydrogens is 921 g/mol. The van der Waals surface area contributed by atoms with Crippen LogP contribution < -0.4 is 10.0 Å². The minimum absolute atomic E-state index is 0.0976. The van der Waals surface area contributed by atoms with Gasteiger partial charge in [0.05, 0.1) is 23.8 Å². The zero-order valence-corrected chi connectivity index (χ0v) is 38.9. The molecule has 5 aromatic rings. The van der Waals surface area contributed by atoms with Crippen molar-refractivity contribution < 1.29 is 34.7 Å². The van der Waals surface area contributed by atoms with E-state index in [1.54, 1.807) is 4.57 Å². The summed E-state index contributed by atoms with van der Waals surface area (Å²) >= 11 is 7.62. The van der Waals surface area contributed by atoms with E-state index in [1.807, 2.05) is 60.7 Å². The van der Waals surface area contributed by atoms with Crippen LogP contribution in [0.3, 0.4) is 0 Å². The Morgan fingerprint density at radius 2 is 1.54 bits per heavy atom. The van der Waals surface area contributed by atoms with Crippen LogP contribution in [0.15, 0.2) is 112 Å². The SMILES string of the molecule is O=S(=O)(Nc1nnc2n1CCN(C1CCN(Cc3ccccc3-c3ccc(Cl)cc3)CC1)CC2)c1ccc(NC(CCN2CCOCC2)CSc2ccccc2)c(S(=O)(=O)C(F)(F)F)c1. The van der Waals surface area contributed by atoms with Crippen molar-refractivity contribution in [1.82, 2.24) is 29.5 Å². The topological polar surface area (TPSA) is 142 Å². The standard InChI is InChI=1S/C45H52ClF3N8O5S3/c46-35-12-10-33(11-13-35)40-9-5-4-6-34(40)31-55-21-17-37(18-22-55)56-23-19-43-51-52-44(57(43)25-24-56)53-65(60,61)39-14-15-41(42(30-39)64(58,59)45(47,48)49)50-36(16-20-54-26-28-62-29-27-54)32-63-38-7-2-1-3-8-38/h1-15,30,36-37,50H,16-29,31-32H2,(H,52,53). The van der Waals surface area contributed by atoms with Crippen LogP contribution in [0, 0.1) is 0 Å². The number of halogens is 4. The number of fused-ring (bicyclic) bond motifs is 1. The maximum absolute atomic E-state index is 14.3. The molecule has 4 heterocycles. The summed E-state index contributed by atoms with van der Waals surface area (Å²) in [5.41, 5.74) is -2.48. The predicted molar refractivity (Wildman–Crippen MR) is 247 cm³/mol. The maximum Gasteiger partial charge on any atom is 0.501 e. The smallest absolute Gasteiger partial charge is 0.380 e. The highest BCUT2D eigenvalue weighted by Crippen LogP contribution is 2.37. The highest BCUT2D eigenvalue weighted by atomic mass is 35.5. The molecule has 13 nitrogen and oxygen atoms in total. The summed E-state index contributed by atoms with van der Waals surface area (Å²) in [7, 11) is -10.6. The number of thioether (sulfide) groups is 1. The molecule has 4 aromatic carbocycles. The summed E-state index contributed by atoms with van der Waals surface area (Å²) in [6.07, 6.45) is 2.89. The third kappa shape index (κ3) is 11.7. The van der Waals surface area contributed by atoms with E-state index >= 15 is 0 Å². The van der Waals surface area contributed by atoms with Crippen LogP contribution in [-0.4, -0.2) is 129 Å². The van der Waals surface area contributed by atoms with Gasteiger partial charge in [0.1, 0.15) is 10.7 Å². The van der Waals surface area contributed by atoms with Gasteiger partial charge in [-0.15, -0.1) is 22.0 Å². The molecule has 2 N–H and O–H groups in total. The van der Waals surface area contributed by atoms with Crippen molar-refractivity contribution in [2.75, 3.05) is 74.8 Å². The lowest BCUT2D eigenvalue weighted by molar-refractivity contribution is -0.0435. The Morgan fingerprint density at radius 3 is 2.28 bits per heavy atom. The molecule has 0 spiro atoms. The molecule has 20 heteroatoms. The zero-order chi connectivity index (χ0) is 45.6. The predicted octanol–water partition coefficient (Wildman–Crippen LogP) is 7.51. The van der Waals surface area contributed by atoms with Gasteiger partial charge >= 0.3 is 5.51 Å². The number of likely N-dealkylation sites (tertiary alicyclic amines) is 1. The minimum Gasteiger partial charge on any atom is -0.380 e. The molecule has 1 atom stereocenters. The lowest BCUT2D eigenvalue weighted by Crippen LogP contribution is -2.45. The number of ether oxygens (including phenoxy) is 1. The number of rotatable bonds is 16. The average molecular weight is 974 g/mol. The van der Waals surface area contributed by atoms with Gasteiger partial charge in [0.2, 0.25) is 5.95 Å². The normalized spacial score (nSPS) is 17.9. The summed E-state index contributed by atoms with van der Waals surface area (Å²) in [6.45, 7) is 7.43. The number of nitrogens with zero attached hydrogens (tertiary/aromatic N) is 6. The largest absolute Gasteiger partial charge is 0.501 e. The van der Waals surface area contributed by atoms with Gasteiger partial charge in [-0.1, -0.05) is 66.2 Å². The zero-order valence-electron chi connectivity index (χ0n) is 35.7. The first kappa shape index (κ1) is 47.3. The number of hydrogen-bond acceptors (Lipinski definition) is 12. The molecule has 3 aliphatic heterocycles. The van der Waals surface area contributed by atoms with Gasteiger partial charge in [-0.3, -0.25) is 19.3 Å². The highest BCUT2D eigenvalue weighted by Gasteiger charge is 2.48. The Labute approximate surface area is 387 Å². The first-order chi connectivity index (χ1) is 31.2. The van der Waals surface area contributed by atoms with Gasteiger partial charge in [-0.25, -0.2) is 21.6 Å². The monoisotopic (exact) mass is 972 g/mol. The Balaban J connectivity index is 0.936. The number of sulfonamides is 1. The Bertz CT molecular complexity index is 2610. The fraction of sp³-hybridized carbons (Fsp3) is 0.422.